The molecule has 0 bridgehead atoms. The number of pyridine rings is 2. The Balaban J connectivity index is 1.47. The molecule has 0 saturated heterocycles. The molecule has 17 heteroatoms. The summed E-state index contributed by atoms with van der Waals surface area (Å²) in [4.78, 5) is 36.2. The van der Waals surface area contributed by atoms with Gasteiger partial charge in [0.05, 0.1) is 23.0 Å². The van der Waals surface area contributed by atoms with Crippen LogP contribution in [0.5, 0.6) is 0 Å². The Kier molecular flexibility index (Phi) is 8.95. The average Bonchev–Trinajstić information content (AvgIpc) is 3.61. The summed E-state index contributed by atoms with van der Waals surface area (Å²) < 4.78 is 40.1. The summed E-state index contributed by atoms with van der Waals surface area (Å²) in [5.41, 5.74) is 1.78. The number of amides is 1. The summed E-state index contributed by atoms with van der Waals surface area (Å²) in [7, 11) is 0. The monoisotopic (exact) mass is 663 g/mol. The van der Waals surface area contributed by atoms with Crippen molar-refractivity contribution in [3.63, 3.8) is 0 Å². The molecule has 0 unspecified atom stereocenters. The van der Waals surface area contributed by atoms with E-state index >= 15 is 0 Å². The standard InChI is InChI=1S/C27H19Cl3F3N9O2/c1-14-7-16(29)9-20(25(44)36-12-17-8-15(28)4-6-34-17)19(14)11-23(43)22-10-18(13-41-39-26(37-40-41)27(31,32)33)38-42(22)24-21(30)3-2-5-35-24/h2-10H,11-13H2,1H3,(H,36,44). The van der Waals surface area contributed by atoms with E-state index in [4.69, 9.17) is 34.8 Å². The number of Topliss-reactive ketones (excluding diaryl/α,β-unsaturated/α-hetero) is 1. The highest BCUT2D eigenvalue weighted by Crippen LogP contribution is 2.27. The van der Waals surface area contributed by atoms with Crippen LogP contribution in [-0.4, -0.2) is 51.6 Å². The molecule has 4 aromatic heterocycles. The maximum Gasteiger partial charge on any atom is 0.455 e. The highest BCUT2D eigenvalue weighted by molar-refractivity contribution is 6.32. The van der Waals surface area contributed by atoms with E-state index in [1.165, 1.54) is 35.3 Å². The maximum atomic E-state index is 13.8. The topological polar surface area (TPSA) is 133 Å². The first-order chi connectivity index (χ1) is 20.9. The number of nitrogens with one attached hydrogen (secondary N) is 1. The Morgan fingerprint density at radius 1 is 0.955 bits per heavy atom. The predicted molar refractivity (Wildman–Crippen MR) is 153 cm³/mol. The van der Waals surface area contributed by atoms with E-state index in [0.717, 1.165) is 0 Å². The van der Waals surface area contributed by atoms with Crippen LogP contribution in [-0.2, 0) is 25.7 Å². The lowest BCUT2D eigenvalue weighted by Gasteiger charge is -2.14. The molecule has 5 aromatic rings. The number of ketones is 1. The van der Waals surface area contributed by atoms with Crippen LogP contribution in [0.4, 0.5) is 13.2 Å². The van der Waals surface area contributed by atoms with Crippen LogP contribution in [0.15, 0.2) is 54.9 Å². The zero-order chi connectivity index (χ0) is 31.6. The normalized spacial score (nSPS) is 11.5. The van der Waals surface area contributed by atoms with Gasteiger partial charge in [-0.2, -0.15) is 23.1 Å². The van der Waals surface area contributed by atoms with Gasteiger partial charge in [0.1, 0.15) is 12.2 Å². The van der Waals surface area contributed by atoms with Crippen molar-refractivity contribution in [3.8, 4) is 5.82 Å². The van der Waals surface area contributed by atoms with Crippen molar-refractivity contribution in [3.05, 3.63) is 110 Å². The molecule has 0 aliphatic rings. The van der Waals surface area contributed by atoms with Gasteiger partial charge in [-0.1, -0.05) is 34.8 Å². The fourth-order valence-electron chi connectivity index (χ4n) is 4.24. The molecule has 0 fully saturated rings. The third kappa shape index (κ3) is 7.04. The Bertz CT molecular complexity index is 1870. The molecule has 4 heterocycles. The summed E-state index contributed by atoms with van der Waals surface area (Å²) in [6.45, 7) is 1.43. The van der Waals surface area contributed by atoms with E-state index in [0.29, 0.717) is 26.6 Å². The molecule has 1 amide bonds. The number of halogens is 6. The second kappa shape index (κ2) is 12.7. The van der Waals surface area contributed by atoms with Gasteiger partial charge in [-0.15, -0.1) is 10.2 Å². The minimum absolute atomic E-state index is 0.000552. The van der Waals surface area contributed by atoms with Gasteiger partial charge in [0.15, 0.2) is 11.6 Å². The largest absolute Gasteiger partial charge is 0.455 e. The lowest BCUT2D eigenvalue weighted by molar-refractivity contribution is -0.145. The third-order valence-electron chi connectivity index (χ3n) is 6.22. The second-order valence-corrected chi connectivity index (χ2v) is 10.7. The Morgan fingerprint density at radius 2 is 1.75 bits per heavy atom. The molecule has 0 atom stereocenters. The minimum atomic E-state index is -4.79. The van der Waals surface area contributed by atoms with Crippen molar-refractivity contribution in [2.75, 3.05) is 0 Å². The molecule has 0 saturated carbocycles. The fraction of sp³-hybridized carbons (Fsp3) is 0.185. The molecule has 44 heavy (non-hydrogen) atoms. The quantitative estimate of drug-likeness (QED) is 0.209. The summed E-state index contributed by atoms with van der Waals surface area (Å²) in [6.07, 6.45) is -2.11. The highest BCUT2D eigenvalue weighted by Gasteiger charge is 2.37. The molecule has 1 N–H and O–H groups in total. The van der Waals surface area contributed by atoms with E-state index in [1.807, 2.05) is 0 Å². The molecular weight excluding hydrogens is 646 g/mol. The van der Waals surface area contributed by atoms with Crippen molar-refractivity contribution in [2.45, 2.75) is 32.6 Å². The number of alkyl halides is 3. The van der Waals surface area contributed by atoms with E-state index in [9.17, 15) is 22.8 Å². The van der Waals surface area contributed by atoms with Crippen molar-refractivity contribution >= 4 is 46.5 Å². The number of nitrogens with zero attached hydrogens (tertiary/aromatic N) is 8. The van der Waals surface area contributed by atoms with E-state index in [1.54, 1.807) is 31.2 Å². The van der Waals surface area contributed by atoms with E-state index in [2.05, 4.69) is 35.8 Å². The highest BCUT2D eigenvalue weighted by atomic mass is 35.5. The number of hydrogen-bond donors (Lipinski definition) is 1. The average molecular weight is 665 g/mol. The lowest BCUT2D eigenvalue weighted by atomic mass is 9.95. The van der Waals surface area contributed by atoms with Crippen molar-refractivity contribution in [1.29, 1.82) is 0 Å². The van der Waals surface area contributed by atoms with Crippen LogP contribution in [0, 0.1) is 6.92 Å². The van der Waals surface area contributed by atoms with Gasteiger partial charge in [-0.3, -0.25) is 14.6 Å². The zero-order valence-electron chi connectivity index (χ0n) is 22.5. The number of carbonyl (C=O) groups excluding carboxylic acids is 2. The Hall–Kier alpha value is -4.40. The third-order valence-corrected chi connectivity index (χ3v) is 6.97. The van der Waals surface area contributed by atoms with Crippen molar-refractivity contribution < 1.29 is 22.8 Å². The van der Waals surface area contributed by atoms with Gasteiger partial charge >= 0.3 is 6.18 Å². The number of tetrazole rings is 1. The van der Waals surface area contributed by atoms with Crippen molar-refractivity contribution in [2.24, 2.45) is 0 Å². The van der Waals surface area contributed by atoms with Crippen LogP contribution in [0.1, 0.15) is 49.2 Å². The Labute approximate surface area is 262 Å². The molecule has 5 rings (SSSR count). The number of benzene rings is 1. The minimum Gasteiger partial charge on any atom is -0.346 e. The number of rotatable bonds is 9. The molecule has 0 radical (unpaired) electrons. The van der Waals surface area contributed by atoms with Crippen LogP contribution < -0.4 is 5.32 Å². The number of carbonyl (C=O) groups is 2. The van der Waals surface area contributed by atoms with Crippen molar-refractivity contribution in [1.82, 2.24) is 45.3 Å². The van der Waals surface area contributed by atoms with Crippen LogP contribution in [0.25, 0.3) is 5.82 Å². The SMILES string of the molecule is Cc1cc(Cl)cc(C(=O)NCc2cc(Cl)ccn2)c1CC(=O)c1cc(Cn2nnc(C(F)(F)F)n2)nn1-c1ncccc1Cl. The van der Waals surface area contributed by atoms with Gasteiger partial charge in [0.2, 0.25) is 0 Å². The second-order valence-electron chi connectivity index (χ2n) is 9.38. The lowest BCUT2D eigenvalue weighted by Crippen LogP contribution is -2.25. The number of aryl methyl sites for hydroxylation is 1. The Morgan fingerprint density at radius 3 is 2.45 bits per heavy atom. The smallest absolute Gasteiger partial charge is 0.346 e. The van der Waals surface area contributed by atoms with E-state index in [-0.39, 0.29) is 52.3 Å². The fourth-order valence-corrected chi connectivity index (χ4v) is 4.90. The molecule has 0 spiro atoms. The summed E-state index contributed by atoms with van der Waals surface area (Å²) in [6, 6.07) is 10.8. The van der Waals surface area contributed by atoms with Gasteiger partial charge in [0, 0.05) is 34.4 Å². The molecule has 1 aromatic carbocycles. The first-order valence-corrected chi connectivity index (χ1v) is 13.8. The number of aromatic nitrogens is 8. The predicted octanol–water partition coefficient (Wildman–Crippen LogP) is 5.34. The molecule has 226 valence electrons. The first-order valence-electron chi connectivity index (χ1n) is 12.6. The summed E-state index contributed by atoms with van der Waals surface area (Å²) in [5.74, 6) is -2.31. The van der Waals surface area contributed by atoms with Crippen LogP contribution >= 0.6 is 34.8 Å². The first kappa shape index (κ1) is 31.0. The molecular formula is C27H19Cl3F3N9O2. The maximum absolute atomic E-state index is 13.8. The number of hydrogen-bond acceptors (Lipinski definition) is 8. The van der Waals surface area contributed by atoms with Crippen LogP contribution in [0.3, 0.4) is 0 Å². The van der Waals surface area contributed by atoms with Crippen LogP contribution in [0.2, 0.25) is 15.1 Å². The van der Waals surface area contributed by atoms with Gasteiger partial charge in [-0.05, 0) is 65.7 Å². The summed E-state index contributed by atoms with van der Waals surface area (Å²) >= 11 is 18.6. The molecule has 0 aliphatic heterocycles. The molecule has 11 nitrogen and oxygen atoms in total. The van der Waals surface area contributed by atoms with E-state index < -0.39 is 23.7 Å². The van der Waals surface area contributed by atoms with Gasteiger partial charge in [0.25, 0.3) is 11.7 Å². The zero-order valence-corrected chi connectivity index (χ0v) is 24.7. The summed E-state index contributed by atoms with van der Waals surface area (Å²) in [5, 5.41) is 17.8. The molecule has 0 aliphatic carbocycles. The van der Waals surface area contributed by atoms with Gasteiger partial charge < -0.3 is 5.32 Å². The van der Waals surface area contributed by atoms with Gasteiger partial charge in [-0.25, -0.2) is 9.67 Å².